The lowest BCUT2D eigenvalue weighted by Crippen LogP contribution is -2.25. The highest BCUT2D eigenvalue weighted by atomic mass is 16.3. The van der Waals surface area contributed by atoms with Crippen LogP contribution in [0.25, 0.3) is 0 Å². The minimum absolute atomic E-state index is 0.439. The van der Waals surface area contributed by atoms with Crippen molar-refractivity contribution in [1.82, 2.24) is 5.32 Å². The quantitative estimate of drug-likeness (QED) is 0.798. The molecular formula is C14H21NO. The minimum atomic E-state index is 0.439. The molecule has 2 N–H and O–H groups in total. The van der Waals surface area contributed by atoms with E-state index >= 15 is 0 Å². The third-order valence-electron chi connectivity index (χ3n) is 3.35. The zero-order valence-electron chi connectivity index (χ0n) is 10.2. The van der Waals surface area contributed by atoms with Crippen molar-refractivity contribution in [2.24, 2.45) is 5.92 Å². The fourth-order valence-corrected chi connectivity index (χ4v) is 2.08. The van der Waals surface area contributed by atoms with Gasteiger partial charge in [0, 0.05) is 18.2 Å². The van der Waals surface area contributed by atoms with E-state index in [-0.39, 0.29) is 0 Å². The van der Waals surface area contributed by atoms with E-state index in [4.69, 9.17) is 0 Å². The van der Waals surface area contributed by atoms with Crippen molar-refractivity contribution in [3.05, 3.63) is 29.3 Å². The minimum Gasteiger partial charge on any atom is -0.507 e. The first-order valence-corrected chi connectivity index (χ1v) is 6.17. The van der Waals surface area contributed by atoms with E-state index in [9.17, 15) is 5.11 Å². The molecule has 88 valence electrons. The first kappa shape index (κ1) is 11.5. The fourth-order valence-electron chi connectivity index (χ4n) is 2.08. The highest BCUT2D eigenvalue weighted by Crippen LogP contribution is 2.33. The Hall–Kier alpha value is -1.02. The Morgan fingerprint density at radius 1 is 1.44 bits per heavy atom. The van der Waals surface area contributed by atoms with Gasteiger partial charge < -0.3 is 10.4 Å². The number of hydrogen-bond acceptors (Lipinski definition) is 2. The van der Waals surface area contributed by atoms with Gasteiger partial charge in [-0.1, -0.05) is 31.0 Å². The molecule has 1 aromatic rings. The number of para-hydroxylation sites is 1. The van der Waals surface area contributed by atoms with E-state index in [1.165, 1.54) is 19.3 Å². The van der Waals surface area contributed by atoms with Gasteiger partial charge in [0.15, 0.2) is 0 Å². The van der Waals surface area contributed by atoms with Crippen LogP contribution in [0.2, 0.25) is 0 Å². The van der Waals surface area contributed by atoms with Gasteiger partial charge in [-0.15, -0.1) is 0 Å². The van der Waals surface area contributed by atoms with Gasteiger partial charge in [0.1, 0.15) is 5.75 Å². The van der Waals surface area contributed by atoms with Crippen molar-refractivity contribution in [1.29, 1.82) is 0 Å². The van der Waals surface area contributed by atoms with Gasteiger partial charge in [0.05, 0.1) is 0 Å². The Labute approximate surface area is 97.7 Å². The Morgan fingerprint density at radius 3 is 2.88 bits per heavy atom. The molecule has 0 bridgehead atoms. The van der Waals surface area contributed by atoms with E-state index in [2.05, 4.69) is 12.2 Å². The molecule has 1 fully saturated rings. The molecule has 0 spiro atoms. The average Bonchev–Trinajstić information content (AvgIpc) is 3.04. The van der Waals surface area contributed by atoms with Crippen LogP contribution < -0.4 is 5.32 Å². The van der Waals surface area contributed by atoms with Gasteiger partial charge in [-0.05, 0) is 31.7 Å². The van der Waals surface area contributed by atoms with Crippen molar-refractivity contribution in [3.8, 4) is 5.75 Å². The summed E-state index contributed by atoms with van der Waals surface area (Å²) in [5.41, 5.74) is 1.96. The summed E-state index contributed by atoms with van der Waals surface area (Å²) in [7, 11) is 0. The summed E-state index contributed by atoms with van der Waals surface area (Å²) in [6.45, 7) is 4.93. The van der Waals surface area contributed by atoms with E-state index < -0.39 is 0 Å². The molecule has 2 heteroatoms. The van der Waals surface area contributed by atoms with Gasteiger partial charge in [-0.25, -0.2) is 0 Å². The van der Waals surface area contributed by atoms with Gasteiger partial charge in [-0.2, -0.15) is 0 Å². The summed E-state index contributed by atoms with van der Waals surface area (Å²) in [4.78, 5) is 0. The van der Waals surface area contributed by atoms with Gasteiger partial charge in [0.25, 0.3) is 0 Å². The third-order valence-corrected chi connectivity index (χ3v) is 3.35. The lowest BCUT2D eigenvalue weighted by atomic mass is 10.1. The van der Waals surface area contributed by atoms with Crippen LogP contribution in [0.1, 0.15) is 37.3 Å². The number of hydrogen-bond donors (Lipinski definition) is 2. The van der Waals surface area contributed by atoms with Crippen molar-refractivity contribution in [2.75, 3.05) is 0 Å². The molecule has 0 saturated heterocycles. The van der Waals surface area contributed by atoms with Crippen molar-refractivity contribution >= 4 is 0 Å². The number of aromatic hydroxyl groups is 1. The second kappa shape index (κ2) is 4.88. The van der Waals surface area contributed by atoms with Gasteiger partial charge >= 0.3 is 0 Å². The number of rotatable bonds is 5. The molecule has 0 radical (unpaired) electrons. The van der Waals surface area contributed by atoms with Crippen LogP contribution in [0.5, 0.6) is 5.75 Å². The second-order valence-corrected chi connectivity index (χ2v) is 5.04. The predicted octanol–water partition coefficient (Wildman–Crippen LogP) is 2.98. The number of phenolic OH excluding ortho intramolecular Hbond substituents is 1. The molecule has 0 aromatic heterocycles. The lowest BCUT2D eigenvalue weighted by molar-refractivity contribution is 0.447. The van der Waals surface area contributed by atoms with Gasteiger partial charge in [-0.3, -0.25) is 0 Å². The van der Waals surface area contributed by atoms with Crippen LogP contribution in [0.4, 0.5) is 0 Å². The number of nitrogens with one attached hydrogen (secondary N) is 1. The summed E-state index contributed by atoms with van der Waals surface area (Å²) < 4.78 is 0. The highest BCUT2D eigenvalue weighted by molar-refractivity contribution is 5.39. The van der Waals surface area contributed by atoms with Crippen LogP contribution >= 0.6 is 0 Å². The number of aryl methyl sites for hydroxylation is 1. The summed E-state index contributed by atoms with van der Waals surface area (Å²) in [5.74, 6) is 1.39. The monoisotopic (exact) mass is 219 g/mol. The maximum absolute atomic E-state index is 9.86. The average molecular weight is 219 g/mol. The molecule has 0 aliphatic heterocycles. The molecule has 2 rings (SSSR count). The summed E-state index contributed by atoms with van der Waals surface area (Å²) in [6.07, 6.45) is 4.08. The van der Waals surface area contributed by atoms with Crippen molar-refractivity contribution < 1.29 is 5.11 Å². The largest absolute Gasteiger partial charge is 0.507 e. The third kappa shape index (κ3) is 2.99. The zero-order valence-corrected chi connectivity index (χ0v) is 10.2. The number of phenols is 1. The molecule has 2 nitrogen and oxygen atoms in total. The molecule has 1 aliphatic rings. The molecule has 1 aliphatic carbocycles. The first-order chi connectivity index (χ1) is 7.66. The predicted molar refractivity (Wildman–Crippen MR) is 66.5 cm³/mol. The second-order valence-electron chi connectivity index (χ2n) is 5.04. The molecule has 0 amide bonds. The van der Waals surface area contributed by atoms with Crippen LogP contribution in [0.3, 0.4) is 0 Å². The number of benzene rings is 1. The Kier molecular flexibility index (Phi) is 3.49. The standard InChI is InChI=1S/C14H21NO/c1-10-4-3-5-13(14(10)16)9-15-11(2)8-12-6-7-12/h3-5,11-12,15-16H,6-9H2,1-2H3. The maximum atomic E-state index is 9.86. The van der Waals surface area contributed by atoms with E-state index in [1.807, 2.05) is 25.1 Å². The summed E-state index contributed by atoms with van der Waals surface area (Å²) in [6, 6.07) is 6.47. The smallest absolute Gasteiger partial charge is 0.122 e. The van der Waals surface area contributed by atoms with Crippen molar-refractivity contribution in [3.63, 3.8) is 0 Å². The summed E-state index contributed by atoms with van der Waals surface area (Å²) >= 11 is 0. The van der Waals surface area contributed by atoms with E-state index in [1.54, 1.807) is 0 Å². The fraction of sp³-hybridized carbons (Fsp3) is 0.571. The van der Waals surface area contributed by atoms with Gasteiger partial charge in [0.2, 0.25) is 0 Å². The molecule has 1 saturated carbocycles. The van der Waals surface area contributed by atoms with E-state index in [0.29, 0.717) is 11.8 Å². The van der Waals surface area contributed by atoms with Crippen LogP contribution in [-0.2, 0) is 6.54 Å². The molecule has 1 unspecified atom stereocenters. The first-order valence-electron chi connectivity index (χ1n) is 6.17. The molecule has 0 heterocycles. The SMILES string of the molecule is Cc1cccc(CNC(C)CC2CC2)c1O. The lowest BCUT2D eigenvalue weighted by Gasteiger charge is -2.14. The van der Waals surface area contributed by atoms with Crippen molar-refractivity contribution in [2.45, 2.75) is 45.7 Å². The molecule has 16 heavy (non-hydrogen) atoms. The van der Waals surface area contributed by atoms with Crippen LogP contribution in [0, 0.1) is 12.8 Å². The Morgan fingerprint density at radius 2 is 2.19 bits per heavy atom. The Balaban J connectivity index is 1.85. The zero-order chi connectivity index (χ0) is 11.5. The molecular weight excluding hydrogens is 198 g/mol. The van der Waals surface area contributed by atoms with Crippen LogP contribution in [-0.4, -0.2) is 11.1 Å². The maximum Gasteiger partial charge on any atom is 0.122 e. The highest BCUT2D eigenvalue weighted by Gasteiger charge is 2.23. The normalized spacial score (nSPS) is 17.4. The molecule has 1 atom stereocenters. The molecule has 1 aromatic carbocycles. The summed E-state index contributed by atoms with van der Waals surface area (Å²) in [5, 5.41) is 13.3. The Bertz CT molecular complexity index is 358. The van der Waals surface area contributed by atoms with Crippen LogP contribution in [0.15, 0.2) is 18.2 Å². The topological polar surface area (TPSA) is 32.3 Å². The van der Waals surface area contributed by atoms with E-state index in [0.717, 1.165) is 23.6 Å².